The van der Waals surface area contributed by atoms with E-state index >= 15 is 0 Å². The molecule has 1 aliphatic rings. The summed E-state index contributed by atoms with van der Waals surface area (Å²) >= 11 is 0. The van der Waals surface area contributed by atoms with Gasteiger partial charge in [0, 0.05) is 19.6 Å². The third-order valence-electron chi connectivity index (χ3n) is 4.48. The molecule has 1 atom stereocenters. The Morgan fingerprint density at radius 3 is 2.54 bits per heavy atom. The van der Waals surface area contributed by atoms with Gasteiger partial charge < -0.3 is 10.2 Å². The van der Waals surface area contributed by atoms with Crippen molar-refractivity contribution in [3.05, 3.63) is 30.3 Å². The van der Waals surface area contributed by atoms with Gasteiger partial charge in [0.05, 0.1) is 4.90 Å². The van der Waals surface area contributed by atoms with Crippen LogP contribution in [0.3, 0.4) is 0 Å². The zero-order valence-corrected chi connectivity index (χ0v) is 15.3. The van der Waals surface area contributed by atoms with Crippen LogP contribution < -0.4 is 5.32 Å². The van der Waals surface area contributed by atoms with Crippen LogP contribution >= 0.6 is 0 Å². The van der Waals surface area contributed by atoms with E-state index in [2.05, 4.69) is 24.1 Å². The van der Waals surface area contributed by atoms with Crippen molar-refractivity contribution >= 4 is 15.9 Å². The smallest absolute Gasteiger partial charge is 0.243 e. The SMILES string of the molecule is CCN(CC)CCNC(=O)C1CCCN1S(=O)(=O)c1ccccc1. The van der Waals surface area contributed by atoms with Crippen LogP contribution in [-0.4, -0.2) is 62.3 Å². The number of carbonyl (C=O) groups is 1. The molecule has 6 nitrogen and oxygen atoms in total. The first-order chi connectivity index (χ1) is 11.5. The lowest BCUT2D eigenvalue weighted by molar-refractivity contribution is -0.124. The van der Waals surface area contributed by atoms with E-state index in [0.29, 0.717) is 25.9 Å². The number of hydrogen-bond donors (Lipinski definition) is 1. The van der Waals surface area contributed by atoms with Crippen molar-refractivity contribution in [2.45, 2.75) is 37.6 Å². The molecule has 24 heavy (non-hydrogen) atoms. The number of nitrogens with one attached hydrogen (secondary N) is 1. The standard InChI is InChI=1S/C17H27N3O3S/c1-3-19(4-2)14-12-18-17(21)16-11-8-13-20(16)24(22,23)15-9-6-5-7-10-15/h5-7,9-10,16H,3-4,8,11-14H2,1-2H3,(H,18,21). The number of rotatable bonds is 8. The van der Waals surface area contributed by atoms with Crippen molar-refractivity contribution in [1.29, 1.82) is 0 Å². The fourth-order valence-electron chi connectivity index (χ4n) is 3.01. The largest absolute Gasteiger partial charge is 0.353 e. The number of hydrogen-bond acceptors (Lipinski definition) is 4. The van der Waals surface area contributed by atoms with E-state index in [1.165, 1.54) is 4.31 Å². The van der Waals surface area contributed by atoms with Gasteiger partial charge in [-0.3, -0.25) is 4.79 Å². The second-order valence-corrected chi connectivity index (χ2v) is 7.80. The van der Waals surface area contributed by atoms with Gasteiger partial charge in [0.2, 0.25) is 15.9 Å². The van der Waals surface area contributed by atoms with Gasteiger partial charge in [-0.2, -0.15) is 4.31 Å². The fourth-order valence-corrected chi connectivity index (χ4v) is 4.69. The maximum atomic E-state index is 12.8. The van der Waals surface area contributed by atoms with E-state index in [9.17, 15) is 13.2 Å². The van der Waals surface area contributed by atoms with E-state index in [0.717, 1.165) is 19.6 Å². The second kappa shape index (κ2) is 8.60. The third kappa shape index (κ3) is 4.34. The molecule has 0 aromatic heterocycles. The molecule has 1 amide bonds. The highest BCUT2D eigenvalue weighted by Crippen LogP contribution is 2.26. The maximum Gasteiger partial charge on any atom is 0.243 e. The van der Waals surface area contributed by atoms with Gasteiger partial charge in [0.1, 0.15) is 6.04 Å². The molecule has 1 aromatic carbocycles. The molecule has 0 bridgehead atoms. The summed E-state index contributed by atoms with van der Waals surface area (Å²) < 4.78 is 26.9. The number of nitrogens with zero attached hydrogens (tertiary/aromatic N) is 2. The molecule has 1 unspecified atom stereocenters. The molecule has 1 fully saturated rings. The first-order valence-electron chi connectivity index (χ1n) is 8.57. The maximum absolute atomic E-state index is 12.8. The third-order valence-corrected chi connectivity index (χ3v) is 6.40. The molecule has 1 aromatic rings. The van der Waals surface area contributed by atoms with Gasteiger partial charge in [-0.05, 0) is 38.1 Å². The molecule has 1 heterocycles. The van der Waals surface area contributed by atoms with Crippen LogP contribution in [0.2, 0.25) is 0 Å². The highest BCUT2D eigenvalue weighted by Gasteiger charge is 2.39. The molecule has 2 rings (SSSR count). The van der Waals surface area contributed by atoms with Crippen molar-refractivity contribution in [1.82, 2.24) is 14.5 Å². The average Bonchev–Trinajstić information content (AvgIpc) is 3.10. The molecule has 0 aliphatic carbocycles. The van der Waals surface area contributed by atoms with Gasteiger partial charge in [0.15, 0.2) is 0 Å². The molecule has 0 saturated carbocycles. The number of likely N-dealkylation sites (N-methyl/N-ethyl adjacent to an activating group) is 1. The summed E-state index contributed by atoms with van der Waals surface area (Å²) in [6.07, 6.45) is 1.28. The number of carbonyl (C=O) groups excluding carboxylic acids is 1. The number of sulfonamides is 1. The van der Waals surface area contributed by atoms with Crippen LogP contribution in [0.1, 0.15) is 26.7 Å². The summed E-state index contributed by atoms with van der Waals surface area (Å²) in [5.74, 6) is -0.195. The molecular formula is C17H27N3O3S. The molecule has 0 spiro atoms. The lowest BCUT2D eigenvalue weighted by Crippen LogP contribution is -2.47. The van der Waals surface area contributed by atoms with Crippen LogP contribution in [0.15, 0.2) is 35.2 Å². The zero-order chi connectivity index (χ0) is 17.6. The normalized spacial score (nSPS) is 18.9. The minimum Gasteiger partial charge on any atom is -0.353 e. The van der Waals surface area contributed by atoms with Crippen LogP contribution in [0.25, 0.3) is 0 Å². The predicted octanol–water partition coefficient (Wildman–Crippen LogP) is 1.30. The van der Waals surface area contributed by atoms with E-state index < -0.39 is 16.1 Å². The van der Waals surface area contributed by atoms with Crippen molar-refractivity contribution in [2.24, 2.45) is 0 Å². The minimum absolute atomic E-state index is 0.195. The van der Waals surface area contributed by atoms with Gasteiger partial charge in [0.25, 0.3) is 0 Å². The summed E-state index contributed by atoms with van der Waals surface area (Å²) in [4.78, 5) is 14.9. The summed E-state index contributed by atoms with van der Waals surface area (Å²) in [6.45, 7) is 7.74. The van der Waals surface area contributed by atoms with E-state index in [1.54, 1.807) is 30.3 Å². The average molecular weight is 353 g/mol. The highest BCUT2D eigenvalue weighted by molar-refractivity contribution is 7.89. The highest BCUT2D eigenvalue weighted by atomic mass is 32.2. The van der Waals surface area contributed by atoms with Crippen LogP contribution in [0.4, 0.5) is 0 Å². The Morgan fingerprint density at radius 1 is 1.25 bits per heavy atom. The molecule has 134 valence electrons. The van der Waals surface area contributed by atoms with Gasteiger partial charge in [-0.25, -0.2) is 8.42 Å². The van der Waals surface area contributed by atoms with E-state index in [4.69, 9.17) is 0 Å². The summed E-state index contributed by atoms with van der Waals surface area (Å²) in [5, 5.41) is 2.89. The Morgan fingerprint density at radius 2 is 1.92 bits per heavy atom. The number of amides is 1. The quantitative estimate of drug-likeness (QED) is 0.765. The topological polar surface area (TPSA) is 69.7 Å². The van der Waals surface area contributed by atoms with Crippen molar-refractivity contribution < 1.29 is 13.2 Å². The summed E-state index contributed by atoms with van der Waals surface area (Å²) in [5.41, 5.74) is 0. The first-order valence-corrected chi connectivity index (χ1v) is 10.0. The molecule has 1 saturated heterocycles. The van der Waals surface area contributed by atoms with Crippen molar-refractivity contribution in [3.63, 3.8) is 0 Å². The Balaban J connectivity index is 2.01. The predicted molar refractivity (Wildman–Crippen MR) is 94.2 cm³/mol. The lowest BCUT2D eigenvalue weighted by Gasteiger charge is -2.24. The Hall–Kier alpha value is -1.44. The minimum atomic E-state index is -3.62. The van der Waals surface area contributed by atoms with Gasteiger partial charge >= 0.3 is 0 Å². The molecule has 1 N–H and O–H groups in total. The monoisotopic (exact) mass is 353 g/mol. The summed E-state index contributed by atoms with van der Waals surface area (Å²) in [7, 11) is -3.62. The van der Waals surface area contributed by atoms with Crippen LogP contribution in [0.5, 0.6) is 0 Å². The lowest BCUT2D eigenvalue weighted by atomic mass is 10.2. The molecular weight excluding hydrogens is 326 g/mol. The van der Waals surface area contributed by atoms with Gasteiger partial charge in [-0.1, -0.05) is 32.0 Å². The van der Waals surface area contributed by atoms with Crippen molar-refractivity contribution in [2.75, 3.05) is 32.7 Å². The van der Waals surface area contributed by atoms with E-state index in [1.807, 2.05) is 0 Å². The molecule has 0 radical (unpaired) electrons. The summed E-state index contributed by atoms with van der Waals surface area (Å²) in [6, 6.07) is 7.71. The Kier molecular flexibility index (Phi) is 6.77. The Labute approximate surface area is 144 Å². The molecule has 1 aliphatic heterocycles. The van der Waals surface area contributed by atoms with E-state index in [-0.39, 0.29) is 10.8 Å². The molecule has 7 heteroatoms. The van der Waals surface area contributed by atoms with Crippen LogP contribution in [0, 0.1) is 0 Å². The Bertz CT molecular complexity index is 630. The fraction of sp³-hybridized carbons (Fsp3) is 0.588. The van der Waals surface area contributed by atoms with Crippen LogP contribution in [-0.2, 0) is 14.8 Å². The van der Waals surface area contributed by atoms with Gasteiger partial charge in [-0.15, -0.1) is 0 Å². The first kappa shape index (κ1) is 18.9. The van der Waals surface area contributed by atoms with Crippen molar-refractivity contribution in [3.8, 4) is 0 Å². The second-order valence-electron chi connectivity index (χ2n) is 5.90. The number of benzene rings is 1. The zero-order valence-electron chi connectivity index (χ0n) is 14.4.